The molecule has 1 unspecified atom stereocenters. The molecule has 8 nitrogen and oxygen atoms in total. The van der Waals surface area contributed by atoms with E-state index >= 15 is 0 Å². The van der Waals surface area contributed by atoms with Crippen molar-refractivity contribution in [1.29, 1.82) is 0 Å². The molecular formula is C22H22N4O4. The third-order valence-corrected chi connectivity index (χ3v) is 4.90. The Morgan fingerprint density at radius 1 is 1.17 bits per heavy atom. The van der Waals surface area contributed by atoms with Gasteiger partial charge in [0.2, 0.25) is 5.91 Å². The summed E-state index contributed by atoms with van der Waals surface area (Å²) < 4.78 is 12.2. The first-order chi connectivity index (χ1) is 14.6. The van der Waals surface area contributed by atoms with Gasteiger partial charge in [-0.1, -0.05) is 30.3 Å². The van der Waals surface area contributed by atoms with Gasteiger partial charge in [-0.3, -0.25) is 9.59 Å². The van der Waals surface area contributed by atoms with Gasteiger partial charge in [0, 0.05) is 12.8 Å². The second-order valence-corrected chi connectivity index (χ2v) is 6.90. The summed E-state index contributed by atoms with van der Waals surface area (Å²) in [4.78, 5) is 25.2. The van der Waals surface area contributed by atoms with E-state index in [0.29, 0.717) is 22.9 Å². The van der Waals surface area contributed by atoms with Crippen molar-refractivity contribution < 1.29 is 19.1 Å². The average molecular weight is 406 g/mol. The Morgan fingerprint density at radius 3 is 2.70 bits per heavy atom. The summed E-state index contributed by atoms with van der Waals surface area (Å²) in [6, 6.07) is 15.9. The number of hydrogen-bond donors (Lipinski definition) is 2. The molecule has 154 valence electrons. The van der Waals surface area contributed by atoms with E-state index < -0.39 is 6.04 Å². The molecule has 1 atom stereocenters. The van der Waals surface area contributed by atoms with E-state index in [2.05, 4.69) is 15.7 Å². The maximum atomic E-state index is 12.6. The van der Waals surface area contributed by atoms with Gasteiger partial charge in [-0.15, -0.1) is 0 Å². The second-order valence-electron chi connectivity index (χ2n) is 6.90. The van der Waals surface area contributed by atoms with Crippen molar-refractivity contribution in [2.75, 3.05) is 24.9 Å². The fraction of sp³-hybridized carbons (Fsp3) is 0.227. The van der Waals surface area contributed by atoms with E-state index in [9.17, 15) is 9.59 Å². The summed E-state index contributed by atoms with van der Waals surface area (Å²) in [6.07, 6.45) is -0.0284. The van der Waals surface area contributed by atoms with Crippen LogP contribution >= 0.6 is 0 Å². The van der Waals surface area contributed by atoms with Gasteiger partial charge in [-0.05, 0) is 29.8 Å². The third kappa shape index (κ3) is 3.77. The second kappa shape index (κ2) is 8.38. The number of nitrogens with zero attached hydrogens (tertiary/aromatic N) is 2. The van der Waals surface area contributed by atoms with Crippen molar-refractivity contribution >= 4 is 23.3 Å². The van der Waals surface area contributed by atoms with Crippen LogP contribution in [-0.2, 0) is 20.9 Å². The van der Waals surface area contributed by atoms with E-state index in [1.807, 2.05) is 42.5 Å². The molecule has 1 aliphatic rings. The van der Waals surface area contributed by atoms with Gasteiger partial charge in [0.15, 0.2) is 0 Å². The number of methoxy groups -OCH3 is 2. The number of para-hydroxylation sites is 1. The van der Waals surface area contributed by atoms with Gasteiger partial charge < -0.3 is 20.1 Å². The first-order valence-electron chi connectivity index (χ1n) is 9.51. The number of hydrogen-bond acceptors (Lipinski definition) is 5. The molecule has 3 aromatic rings. The molecule has 1 aromatic heterocycles. The average Bonchev–Trinajstić information content (AvgIpc) is 3.24. The molecule has 2 aromatic carbocycles. The van der Waals surface area contributed by atoms with Gasteiger partial charge in [-0.2, -0.15) is 5.10 Å². The largest absolute Gasteiger partial charge is 0.497 e. The molecule has 1 aliphatic heterocycles. The first-order valence-corrected chi connectivity index (χ1v) is 9.51. The van der Waals surface area contributed by atoms with Gasteiger partial charge in [0.1, 0.15) is 17.6 Å². The number of rotatable bonds is 7. The summed E-state index contributed by atoms with van der Waals surface area (Å²) in [5.41, 5.74) is 2.96. The zero-order chi connectivity index (χ0) is 21.1. The predicted octanol–water partition coefficient (Wildman–Crippen LogP) is 3.23. The molecule has 2 N–H and O–H groups in total. The SMILES string of the molecule is COCc1nn2c(c1-c1cccc(OC)c1)NC(=O)C2CC(=O)Nc1ccccc1. The van der Waals surface area contributed by atoms with Gasteiger partial charge in [0.25, 0.3) is 5.91 Å². The molecule has 0 fully saturated rings. The summed E-state index contributed by atoms with van der Waals surface area (Å²) in [5, 5.41) is 10.3. The van der Waals surface area contributed by atoms with Crippen LogP contribution in [-0.4, -0.2) is 35.8 Å². The Balaban J connectivity index is 1.65. The lowest BCUT2D eigenvalue weighted by atomic mass is 10.1. The maximum Gasteiger partial charge on any atom is 0.251 e. The van der Waals surface area contributed by atoms with E-state index in [1.165, 1.54) is 0 Å². The minimum atomic E-state index is -0.737. The smallest absolute Gasteiger partial charge is 0.251 e. The third-order valence-electron chi connectivity index (χ3n) is 4.90. The Morgan fingerprint density at radius 2 is 1.97 bits per heavy atom. The molecule has 8 heteroatoms. The number of benzene rings is 2. The van der Waals surface area contributed by atoms with E-state index in [4.69, 9.17) is 9.47 Å². The molecular weight excluding hydrogens is 384 g/mol. The highest BCUT2D eigenvalue weighted by Gasteiger charge is 2.37. The topological polar surface area (TPSA) is 94.5 Å². The highest BCUT2D eigenvalue weighted by molar-refractivity contribution is 6.04. The van der Waals surface area contributed by atoms with Crippen molar-refractivity contribution in [3.05, 3.63) is 60.3 Å². The monoisotopic (exact) mass is 406 g/mol. The number of carbonyl (C=O) groups excluding carboxylic acids is 2. The maximum absolute atomic E-state index is 12.6. The number of ether oxygens (including phenoxy) is 2. The summed E-state index contributed by atoms with van der Waals surface area (Å²) >= 11 is 0. The number of fused-ring (bicyclic) bond motifs is 1. The molecule has 0 spiro atoms. The van der Waals surface area contributed by atoms with Gasteiger partial charge in [-0.25, -0.2) is 4.68 Å². The first kappa shape index (κ1) is 19.7. The van der Waals surface area contributed by atoms with E-state index in [-0.39, 0.29) is 24.8 Å². The van der Waals surface area contributed by atoms with Crippen LogP contribution in [0.5, 0.6) is 5.75 Å². The van der Waals surface area contributed by atoms with Crippen LogP contribution in [0.15, 0.2) is 54.6 Å². The highest BCUT2D eigenvalue weighted by Crippen LogP contribution is 2.39. The molecule has 2 amide bonds. The number of carbonyl (C=O) groups is 2. The van der Waals surface area contributed by atoms with Crippen LogP contribution in [0.2, 0.25) is 0 Å². The lowest BCUT2D eigenvalue weighted by molar-refractivity contribution is -0.123. The van der Waals surface area contributed by atoms with E-state index in [1.54, 1.807) is 31.0 Å². The molecule has 0 aliphatic carbocycles. The summed E-state index contributed by atoms with van der Waals surface area (Å²) in [7, 11) is 3.18. The summed E-state index contributed by atoms with van der Waals surface area (Å²) in [6.45, 7) is 0.269. The van der Waals surface area contributed by atoms with Gasteiger partial charge >= 0.3 is 0 Å². The van der Waals surface area contributed by atoms with Crippen LogP contribution in [0, 0.1) is 0 Å². The lowest BCUT2D eigenvalue weighted by Crippen LogP contribution is -2.24. The molecule has 4 rings (SSSR count). The van der Waals surface area contributed by atoms with Crippen molar-refractivity contribution in [3.8, 4) is 16.9 Å². The van der Waals surface area contributed by atoms with Crippen LogP contribution in [0.4, 0.5) is 11.5 Å². The van der Waals surface area contributed by atoms with Crippen LogP contribution < -0.4 is 15.4 Å². The highest BCUT2D eigenvalue weighted by atomic mass is 16.5. The number of anilines is 2. The molecule has 0 bridgehead atoms. The Bertz CT molecular complexity index is 1080. The molecule has 0 saturated carbocycles. The number of amides is 2. The zero-order valence-corrected chi connectivity index (χ0v) is 16.7. The van der Waals surface area contributed by atoms with Crippen molar-refractivity contribution in [2.45, 2.75) is 19.1 Å². The van der Waals surface area contributed by atoms with Gasteiger partial charge in [0.05, 0.1) is 31.4 Å². The number of nitrogens with one attached hydrogen (secondary N) is 2. The van der Waals surface area contributed by atoms with Crippen molar-refractivity contribution in [3.63, 3.8) is 0 Å². The standard InChI is InChI=1S/C22H22N4O4/c1-29-13-17-20(14-7-6-10-16(11-14)30-2)21-24-22(28)18(26(21)25-17)12-19(27)23-15-8-4-3-5-9-15/h3-11,18H,12-13H2,1-2H3,(H,23,27)(H,24,28). The molecule has 2 heterocycles. The van der Waals surface area contributed by atoms with Crippen LogP contribution in [0.1, 0.15) is 18.2 Å². The lowest BCUT2D eigenvalue weighted by Gasteiger charge is -2.10. The number of aromatic nitrogens is 2. The minimum absolute atomic E-state index is 0.0284. The summed E-state index contributed by atoms with van der Waals surface area (Å²) in [5.74, 6) is 0.714. The quantitative estimate of drug-likeness (QED) is 0.628. The normalized spacial score (nSPS) is 14.9. The van der Waals surface area contributed by atoms with Crippen LogP contribution in [0.3, 0.4) is 0 Å². The minimum Gasteiger partial charge on any atom is -0.497 e. The van der Waals surface area contributed by atoms with E-state index in [0.717, 1.165) is 11.1 Å². The fourth-order valence-corrected chi connectivity index (χ4v) is 3.55. The molecule has 30 heavy (non-hydrogen) atoms. The van der Waals surface area contributed by atoms with Crippen molar-refractivity contribution in [2.24, 2.45) is 0 Å². The molecule has 0 saturated heterocycles. The van der Waals surface area contributed by atoms with Crippen LogP contribution in [0.25, 0.3) is 11.1 Å². The zero-order valence-electron chi connectivity index (χ0n) is 16.7. The Labute approximate surface area is 173 Å². The fourth-order valence-electron chi connectivity index (χ4n) is 3.55. The Hall–Kier alpha value is -3.65. The van der Waals surface area contributed by atoms with Crippen molar-refractivity contribution in [1.82, 2.24) is 9.78 Å². The predicted molar refractivity (Wildman–Crippen MR) is 112 cm³/mol. The molecule has 0 radical (unpaired) electrons. The Kier molecular flexibility index (Phi) is 5.49.